The van der Waals surface area contributed by atoms with Gasteiger partial charge in [0.25, 0.3) is 0 Å². The van der Waals surface area contributed by atoms with Crippen molar-refractivity contribution in [1.82, 2.24) is 21.3 Å². The summed E-state index contributed by atoms with van der Waals surface area (Å²) in [5.41, 5.74) is 9.86. The van der Waals surface area contributed by atoms with Gasteiger partial charge in [0.15, 0.2) is 5.96 Å². The van der Waals surface area contributed by atoms with Crippen molar-refractivity contribution in [1.29, 1.82) is 0 Å². The van der Waals surface area contributed by atoms with E-state index < -0.39 is 77.5 Å². The van der Waals surface area contributed by atoms with Crippen LogP contribution < -0.4 is 32.7 Å². The molecular formula is C35H57N7O9. The molecule has 286 valence electrons. The summed E-state index contributed by atoms with van der Waals surface area (Å²) in [6.07, 6.45) is -1.18. The first-order valence-electron chi connectivity index (χ1n) is 17.0. The number of esters is 1. The number of guanidine groups is 1. The third-order valence-electron chi connectivity index (χ3n) is 6.86. The lowest BCUT2D eigenvalue weighted by atomic mass is 10.0. The Morgan fingerprint density at radius 2 is 1.25 bits per heavy atom. The minimum atomic E-state index is -1.43. The molecule has 0 aromatic heterocycles. The molecular weight excluding hydrogens is 662 g/mol. The fourth-order valence-corrected chi connectivity index (χ4v) is 4.69. The molecule has 16 nitrogen and oxygen atoms in total. The second-order valence-electron chi connectivity index (χ2n) is 14.6. The lowest BCUT2D eigenvalue weighted by molar-refractivity contribution is -0.159. The average Bonchev–Trinajstić information content (AvgIpc) is 2.98. The first kappa shape index (κ1) is 44.1. The topological polar surface area (TPSA) is 254 Å². The van der Waals surface area contributed by atoms with Crippen molar-refractivity contribution in [3.8, 4) is 0 Å². The third-order valence-corrected chi connectivity index (χ3v) is 6.86. The average molecular weight is 720 g/mol. The lowest BCUT2D eigenvalue weighted by Gasteiger charge is -2.28. The van der Waals surface area contributed by atoms with Gasteiger partial charge >= 0.3 is 18.0 Å². The number of hydrogen-bond donors (Lipinski definition) is 7. The number of amides is 4. The Hall–Kier alpha value is -4.89. The molecule has 51 heavy (non-hydrogen) atoms. The molecule has 0 spiro atoms. The monoisotopic (exact) mass is 719 g/mol. The van der Waals surface area contributed by atoms with E-state index in [1.807, 2.05) is 13.8 Å². The van der Waals surface area contributed by atoms with Crippen LogP contribution in [-0.2, 0) is 39.9 Å². The first-order valence-corrected chi connectivity index (χ1v) is 17.0. The molecule has 4 amide bonds. The van der Waals surface area contributed by atoms with Crippen LogP contribution in [0.4, 0.5) is 4.79 Å². The number of aliphatic imine (C=N–C) groups is 1. The van der Waals surface area contributed by atoms with Gasteiger partial charge in [0.1, 0.15) is 35.4 Å². The highest BCUT2D eigenvalue weighted by Crippen LogP contribution is 2.14. The Labute approximate surface area is 300 Å². The number of carboxylic acid groups (broad SMARTS) is 1. The summed E-state index contributed by atoms with van der Waals surface area (Å²) < 4.78 is 10.9. The summed E-state index contributed by atoms with van der Waals surface area (Å²) in [6, 6.07) is 3.88. The van der Waals surface area contributed by atoms with E-state index in [2.05, 4.69) is 26.3 Å². The van der Waals surface area contributed by atoms with Crippen LogP contribution in [0.1, 0.15) is 93.1 Å². The van der Waals surface area contributed by atoms with Gasteiger partial charge in [-0.3, -0.25) is 24.2 Å². The molecule has 1 aromatic rings. The summed E-state index contributed by atoms with van der Waals surface area (Å²) in [5.74, 6) is -4.40. The van der Waals surface area contributed by atoms with Crippen molar-refractivity contribution in [2.75, 3.05) is 6.54 Å². The number of ether oxygens (including phenoxy) is 2. The number of nitrogens with zero attached hydrogens (tertiary/aromatic N) is 1. The maximum absolute atomic E-state index is 13.8. The molecule has 4 atom stereocenters. The van der Waals surface area contributed by atoms with Crippen LogP contribution in [0.15, 0.2) is 35.3 Å². The van der Waals surface area contributed by atoms with Crippen molar-refractivity contribution < 1.29 is 43.3 Å². The molecule has 1 aromatic carbocycles. The van der Waals surface area contributed by atoms with Crippen molar-refractivity contribution in [3.63, 3.8) is 0 Å². The normalized spacial score (nSPS) is 13.8. The largest absolute Gasteiger partial charge is 0.481 e. The summed E-state index contributed by atoms with van der Waals surface area (Å²) in [7, 11) is 0. The zero-order valence-corrected chi connectivity index (χ0v) is 31.0. The van der Waals surface area contributed by atoms with Crippen molar-refractivity contribution >= 4 is 41.7 Å². The standard InChI is InChI=1S/C35H57N7O9/c1-21(2)19-26(31(48)50-34(3,4)5)41-28(45)23(15-12-18-38-32(36)37)39-29(46)24(16-17-27(43)44)40-30(47)25(20-22-13-10-9-11-14-22)42-33(49)51-35(6,7)8/h9-11,13-14,21,23-26H,12,15-20H2,1-8H3,(H,39,46)(H,40,47)(H,41,45)(H,42,49)(H,43,44)(H4,36,37,38)/t23-,24-,25-,26-/m0/s1. The van der Waals surface area contributed by atoms with Gasteiger partial charge in [-0.05, 0) is 78.7 Å². The third kappa shape index (κ3) is 19.8. The van der Waals surface area contributed by atoms with Gasteiger partial charge in [0.2, 0.25) is 17.7 Å². The van der Waals surface area contributed by atoms with Crippen molar-refractivity contribution in [3.05, 3.63) is 35.9 Å². The van der Waals surface area contributed by atoms with Gasteiger partial charge in [-0.25, -0.2) is 9.59 Å². The molecule has 1 rings (SSSR count). The highest BCUT2D eigenvalue weighted by atomic mass is 16.6. The smallest absolute Gasteiger partial charge is 0.408 e. The van der Waals surface area contributed by atoms with Crippen LogP contribution >= 0.6 is 0 Å². The van der Waals surface area contributed by atoms with E-state index in [0.29, 0.717) is 5.56 Å². The first-order chi connectivity index (χ1) is 23.6. The predicted octanol–water partition coefficient (Wildman–Crippen LogP) is 1.88. The number of nitrogens with one attached hydrogen (secondary N) is 4. The number of hydrogen-bond acceptors (Lipinski definition) is 9. The molecule has 0 aliphatic carbocycles. The van der Waals surface area contributed by atoms with E-state index in [-0.39, 0.29) is 50.5 Å². The number of carboxylic acids is 1. The quantitative estimate of drug-likeness (QED) is 0.0470. The molecule has 0 saturated heterocycles. The Kier molecular flexibility index (Phi) is 17.9. The predicted molar refractivity (Wildman–Crippen MR) is 191 cm³/mol. The van der Waals surface area contributed by atoms with E-state index in [0.717, 1.165) is 0 Å². The number of nitrogens with two attached hydrogens (primary N) is 2. The second kappa shape index (κ2) is 20.7. The van der Waals surface area contributed by atoms with Crippen LogP contribution in [0.2, 0.25) is 0 Å². The number of carbonyl (C=O) groups is 6. The fourth-order valence-electron chi connectivity index (χ4n) is 4.69. The highest BCUT2D eigenvalue weighted by Gasteiger charge is 2.33. The lowest BCUT2D eigenvalue weighted by Crippen LogP contribution is -2.58. The maximum Gasteiger partial charge on any atom is 0.408 e. The minimum Gasteiger partial charge on any atom is -0.481 e. The zero-order chi connectivity index (χ0) is 38.9. The molecule has 0 bridgehead atoms. The van der Waals surface area contributed by atoms with Gasteiger partial charge in [-0.1, -0.05) is 44.2 Å². The summed E-state index contributed by atoms with van der Waals surface area (Å²) in [6.45, 7) is 13.9. The minimum absolute atomic E-state index is 0.00791. The van der Waals surface area contributed by atoms with Crippen LogP contribution in [-0.4, -0.2) is 88.7 Å². The maximum atomic E-state index is 13.8. The number of alkyl carbamates (subject to hydrolysis) is 1. The molecule has 0 aliphatic heterocycles. The highest BCUT2D eigenvalue weighted by molar-refractivity contribution is 5.95. The molecule has 16 heteroatoms. The van der Waals surface area contributed by atoms with E-state index in [4.69, 9.17) is 20.9 Å². The number of carbonyl (C=O) groups excluding carboxylic acids is 5. The molecule has 0 aliphatic rings. The van der Waals surface area contributed by atoms with Gasteiger partial charge in [0, 0.05) is 19.4 Å². The number of aliphatic carboxylic acids is 1. The van der Waals surface area contributed by atoms with Crippen LogP contribution in [0.3, 0.4) is 0 Å². The SMILES string of the molecule is CC(C)C[C@H](NC(=O)[C@H](CCCN=C(N)N)NC(=O)[C@H](CCC(=O)O)NC(=O)[C@H](Cc1ccccc1)NC(=O)OC(C)(C)C)C(=O)OC(C)(C)C. The molecule has 9 N–H and O–H groups in total. The van der Waals surface area contributed by atoms with E-state index in [1.165, 1.54) is 0 Å². The van der Waals surface area contributed by atoms with Crippen LogP contribution in [0.5, 0.6) is 0 Å². The summed E-state index contributed by atoms with van der Waals surface area (Å²) in [4.78, 5) is 82.2. The second-order valence-corrected chi connectivity index (χ2v) is 14.6. The Morgan fingerprint density at radius 1 is 0.745 bits per heavy atom. The van der Waals surface area contributed by atoms with Gasteiger partial charge in [0.05, 0.1) is 0 Å². The van der Waals surface area contributed by atoms with Crippen molar-refractivity contribution in [2.24, 2.45) is 22.4 Å². The summed E-state index contributed by atoms with van der Waals surface area (Å²) in [5, 5.41) is 19.8. The Bertz CT molecular complexity index is 1350. The number of benzene rings is 1. The zero-order valence-electron chi connectivity index (χ0n) is 31.0. The molecule has 0 fully saturated rings. The van der Waals surface area contributed by atoms with E-state index in [9.17, 15) is 33.9 Å². The van der Waals surface area contributed by atoms with E-state index >= 15 is 0 Å². The summed E-state index contributed by atoms with van der Waals surface area (Å²) >= 11 is 0. The Morgan fingerprint density at radius 3 is 1.75 bits per heavy atom. The van der Waals surface area contributed by atoms with Crippen LogP contribution in [0, 0.1) is 5.92 Å². The number of rotatable bonds is 19. The van der Waals surface area contributed by atoms with Gasteiger partial charge < -0.3 is 47.3 Å². The fraction of sp³-hybridized carbons (Fsp3) is 0.629. The van der Waals surface area contributed by atoms with Gasteiger partial charge in [-0.2, -0.15) is 0 Å². The van der Waals surface area contributed by atoms with Crippen molar-refractivity contribution in [2.45, 2.75) is 129 Å². The molecule has 0 unspecified atom stereocenters. The van der Waals surface area contributed by atoms with E-state index in [1.54, 1.807) is 71.9 Å². The Balaban J connectivity index is 3.37. The molecule has 0 radical (unpaired) electrons. The molecule has 0 heterocycles. The molecule has 0 saturated carbocycles. The van der Waals surface area contributed by atoms with Crippen LogP contribution in [0.25, 0.3) is 0 Å². The van der Waals surface area contributed by atoms with Gasteiger partial charge in [-0.15, -0.1) is 0 Å².